The molecule has 0 amide bonds. The lowest BCUT2D eigenvalue weighted by Gasteiger charge is -2.14. The van der Waals surface area contributed by atoms with E-state index >= 15 is 0 Å². The van der Waals surface area contributed by atoms with Crippen molar-refractivity contribution in [1.29, 1.82) is 0 Å². The summed E-state index contributed by atoms with van der Waals surface area (Å²) in [7, 11) is 0. The summed E-state index contributed by atoms with van der Waals surface area (Å²) in [5.41, 5.74) is 0.217. The molecular weight excluding hydrogens is 242 g/mol. The second-order valence-electron chi connectivity index (χ2n) is 4.85. The number of pyridine rings is 1. The molecule has 0 spiro atoms. The smallest absolute Gasteiger partial charge is 0.337 e. The molecule has 1 fully saturated rings. The second-order valence-corrected chi connectivity index (χ2v) is 4.85. The summed E-state index contributed by atoms with van der Waals surface area (Å²) in [5.74, 6) is -0.413. The van der Waals surface area contributed by atoms with E-state index in [-0.39, 0.29) is 11.7 Å². The minimum Gasteiger partial charge on any atom is -0.478 e. The summed E-state index contributed by atoms with van der Waals surface area (Å²) in [6, 6.07) is 7.35. The van der Waals surface area contributed by atoms with Gasteiger partial charge in [0.15, 0.2) is 0 Å². The van der Waals surface area contributed by atoms with Gasteiger partial charge in [-0.05, 0) is 31.7 Å². The van der Waals surface area contributed by atoms with Crippen LogP contribution in [0.5, 0.6) is 5.88 Å². The summed E-state index contributed by atoms with van der Waals surface area (Å²) < 4.78 is 5.92. The Bertz CT molecular complexity index is 618. The van der Waals surface area contributed by atoms with E-state index in [0.29, 0.717) is 11.3 Å². The van der Waals surface area contributed by atoms with Crippen molar-refractivity contribution in [3.05, 3.63) is 36.0 Å². The van der Waals surface area contributed by atoms with Gasteiger partial charge in [0.2, 0.25) is 5.88 Å². The van der Waals surface area contributed by atoms with Gasteiger partial charge in [-0.25, -0.2) is 9.78 Å². The number of hydrogen-bond donors (Lipinski definition) is 1. The third-order valence-electron chi connectivity index (χ3n) is 3.57. The lowest BCUT2D eigenvalue weighted by molar-refractivity contribution is 0.0698. The van der Waals surface area contributed by atoms with Crippen molar-refractivity contribution in [2.75, 3.05) is 0 Å². The van der Waals surface area contributed by atoms with E-state index in [4.69, 9.17) is 4.74 Å². The Morgan fingerprint density at radius 3 is 2.58 bits per heavy atom. The SMILES string of the molecule is O=C(O)c1cnc(OC2CCCC2)c2ccccc12. The van der Waals surface area contributed by atoms with E-state index in [0.717, 1.165) is 18.2 Å². The van der Waals surface area contributed by atoms with Crippen LogP contribution in [0.4, 0.5) is 0 Å². The van der Waals surface area contributed by atoms with Crippen LogP contribution in [0.3, 0.4) is 0 Å². The molecule has 1 aromatic carbocycles. The highest BCUT2D eigenvalue weighted by Crippen LogP contribution is 2.30. The van der Waals surface area contributed by atoms with Crippen molar-refractivity contribution in [2.45, 2.75) is 31.8 Å². The lowest BCUT2D eigenvalue weighted by Crippen LogP contribution is -2.12. The van der Waals surface area contributed by atoms with Gasteiger partial charge >= 0.3 is 5.97 Å². The standard InChI is InChI=1S/C15H15NO3/c17-15(18)13-9-16-14(19-10-5-1-2-6-10)12-8-4-3-7-11(12)13/h3-4,7-10H,1-2,5-6H2,(H,17,18). The maximum Gasteiger partial charge on any atom is 0.337 e. The highest BCUT2D eigenvalue weighted by atomic mass is 16.5. The van der Waals surface area contributed by atoms with Gasteiger partial charge in [0.1, 0.15) is 6.10 Å². The van der Waals surface area contributed by atoms with Crippen molar-refractivity contribution in [3.8, 4) is 5.88 Å². The van der Waals surface area contributed by atoms with Crippen LogP contribution in [-0.2, 0) is 0 Å². The van der Waals surface area contributed by atoms with Crippen molar-refractivity contribution in [2.24, 2.45) is 0 Å². The molecule has 19 heavy (non-hydrogen) atoms. The number of hydrogen-bond acceptors (Lipinski definition) is 3. The van der Waals surface area contributed by atoms with Crippen LogP contribution in [0.25, 0.3) is 10.8 Å². The fraction of sp³-hybridized carbons (Fsp3) is 0.333. The van der Waals surface area contributed by atoms with Crippen LogP contribution < -0.4 is 4.74 Å². The Morgan fingerprint density at radius 2 is 1.89 bits per heavy atom. The summed E-state index contributed by atoms with van der Waals surface area (Å²) in [6.07, 6.45) is 6.08. The van der Waals surface area contributed by atoms with Gasteiger partial charge in [0.05, 0.1) is 5.56 Å². The van der Waals surface area contributed by atoms with E-state index in [9.17, 15) is 9.90 Å². The van der Waals surface area contributed by atoms with Gasteiger partial charge in [0.25, 0.3) is 0 Å². The number of nitrogens with zero attached hydrogens (tertiary/aromatic N) is 1. The molecule has 0 unspecified atom stereocenters. The highest BCUT2D eigenvalue weighted by Gasteiger charge is 2.19. The van der Waals surface area contributed by atoms with E-state index in [1.165, 1.54) is 19.0 Å². The Labute approximate surface area is 111 Å². The Balaban J connectivity index is 2.05. The molecule has 1 N–H and O–H groups in total. The van der Waals surface area contributed by atoms with Gasteiger partial charge in [-0.1, -0.05) is 18.2 Å². The first-order valence-corrected chi connectivity index (χ1v) is 6.53. The van der Waals surface area contributed by atoms with Crippen LogP contribution in [0.15, 0.2) is 30.5 Å². The number of fused-ring (bicyclic) bond motifs is 1. The molecule has 2 aromatic rings. The topological polar surface area (TPSA) is 59.4 Å². The second kappa shape index (κ2) is 4.88. The molecule has 98 valence electrons. The van der Waals surface area contributed by atoms with Crippen LogP contribution >= 0.6 is 0 Å². The maximum atomic E-state index is 11.2. The lowest BCUT2D eigenvalue weighted by atomic mass is 10.1. The van der Waals surface area contributed by atoms with Gasteiger partial charge in [-0.3, -0.25) is 0 Å². The van der Waals surface area contributed by atoms with Crippen molar-refractivity contribution < 1.29 is 14.6 Å². The van der Waals surface area contributed by atoms with Crippen molar-refractivity contribution in [1.82, 2.24) is 4.98 Å². The molecule has 1 aromatic heterocycles. The number of benzene rings is 1. The third kappa shape index (κ3) is 2.26. The molecular formula is C15H15NO3. The summed E-state index contributed by atoms with van der Waals surface area (Å²) >= 11 is 0. The zero-order valence-electron chi connectivity index (χ0n) is 10.5. The Morgan fingerprint density at radius 1 is 1.21 bits per heavy atom. The summed E-state index contributed by atoms with van der Waals surface area (Å²) in [6.45, 7) is 0. The quantitative estimate of drug-likeness (QED) is 0.916. The zero-order chi connectivity index (χ0) is 13.2. The number of carboxylic acids is 1. The van der Waals surface area contributed by atoms with E-state index < -0.39 is 5.97 Å². The normalized spacial score (nSPS) is 15.8. The molecule has 0 atom stereocenters. The average Bonchev–Trinajstić information content (AvgIpc) is 2.91. The molecule has 1 heterocycles. The average molecular weight is 257 g/mol. The Kier molecular flexibility index (Phi) is 3.07. The first-order valence-electron chi connectivity index (χ1n) is 6.53. The number of aromatic carboxylic acids is 1. The third-order valence-corrected chi connectivity index (χ3v) is 3.57. The van der Waals surface area contributed by atoms with Gasteiger partial charge in [-0.2, -0.15) is 0 Å². The summed E-state index contributed by atoms with van der Waals surface area (Å²) in [4.78, 5) is 15.4. The molecule has 3 rings (SSSR count). The van der Waals surface area contributed by atoms with Crippen LogP contribution in [-0.4, -0.2) is 22.2 Å². The molecule has 0 radical (unpaired) electrons. The number of carbonyl (C=O) groups is 1. The predicted molar refractivity (Wildman–Crippen MR) is 71.6 cm³/mol. The zero-order valence-corrected chi connectivity index (χ0v) is 10.5. The minimum atomic E-state index is -0.962. The Hall–Kier alpha value is -2.10. The molecule has 1 saturated carbocycles. The van der Waals surface area contributed by atoms with Gasteiger partial charge in [0, 0.05) is 17.0 Å². The molecule has 0 aliphatic heterocycles. The molecule has 4 nitrogen and oxygen atoms in total. The highest BCUT2D eigenvalue weighted by molar-refractivity contribution is 6.04. The van der Waals surface area contributed by atoms with Gasteiger partial charge < -0.3 is 9.84 Å². The number of aromatic nitrogens is 1. The molecule has 0 saturated heterocycles. The number of rotatable bonds is 3. The van der Waals surface area contributed by atoms with Crippen LogP contribution in [0, 0.1) is 0 Å². The molecule has 0 bridgehead atoms. The first-order chi connectivity index (χ1) is 9.25. The van der Waals surface area contributed by atoms with Crippen molar-refractivity contribution >= 4 is 16.7 Å². The first kappa shape index (κ1) is 12.0. The fourth-order valence-electron chi connectivity index (χ4n) is 2.60. The molecule has 1 aliphatic carbocycles. The fourth-order valence-corrected chi connectivity index (χ4v) is 2.60. The predicted octanol–water partition coefficient (Wildman–Crippen LogP) is 3.25. The number of carboxylic acid groups (broad SMARTS) is 1. The van der Waals surface area contributed by atoms with E-state index in [2.05, 4.69) is 4.98 Å². The van der Waals surface area contributed by atoms with E-state index in [1.54, 1.807) is 6.07 Å². The largest absolute Gasteiger partial charge is 0.478 e. The molecule has 4 heteroatoms. The van der Waals surface area contributed by atoms with Gasteiger partial charge in [-0.15, -0.1) is 0 Å². The van der Waals surface area contributed by atoms with Crippen LogP contribution in [0.1, 0.15) is 36.0 Å². The van der Waals surface area contributed by atoms with Crippen LogP contribution in [0.2, 0.25) is 0 Å². The number of ether oxygens (including phenoxy) is 1. The van der Waals surface area contributed by atoms with E-state index in [1.807, 2.05) is 18.2 Å². The summed E-state index contributed by atoms with van der Waals surface area (Å²) in [5, 5.41) is 10.6. The maximum absolute atomic E-state index is 11.2. The monoisotopic (exact) mass is 257 g/mol. The molecule has 1 aliphatic rings. The van der Waals surface area contributed by atoms with Crippen molar-refractivity contribution in [3.63, 3.8) is 0 Å². The minimum absolute atomic E-state index is 0.214.